The molecule has 0 saturated carbocycles. The molecule has 0 heteroatoms. The summed E-state index contributed by atoms with van der Waals surface area (Å²) in [5.74, 6) is 0. The maximum atomic E-state index is 4.11. The normalized spacial score (nSPS) is 12.4. The summed E-state index contributed by atoms with van der Waals surface area (Å²) in [5, 5.41) is 16.8. The van der Waals surface area contributed by atoms with Crippen LogP contribution in [0.15, 0.2) is 152 Å². The number of hydrogen-bond donors (Lipinski definition) is 0. The van der Waals surface area contributed by atoms with Gasteiger partial charge in [0.15, 0.2) is 0 Å². The summed E-state index contributed by atoms with van der Waals surface area (Å²) in [6.07, 6.45) is 4.10. The molecule has 0 heterocycles. The van der Waals surface area contributed by atoms with Crippen molar-refractivity contribution < 1.29 is 0 Å². The first-order valence-corrected chi connectivity index (χ1v) is 17.9. The van der Waals surface area contributed by atoms with Crippen LogP contribution in [0.1, 0.15) is 16.7 Å². The molecule has 0 spiro atoms. The quantitative estimate of drug-likeness (QED) is 0.178. The molecule has 0 fully saturated rings. The lowest BCUT2D eigenvalue weighted by molar-refractivity contribution is 1.32. The van der Waals surface area contributed by atoms with Gasteiger partial charge in [-0.1, -0.05) is 152 Å². The Morgan fingerprint density at radius 2 is 0.922 bits per heavy atom. The maximum absolute atomic E-state index is 4.11. The van der Waals surface area contributed by atoms with Crippen LogP contribution >= 0.6 is 0 Å². The second-order valence-electron chi connectivity index (χ2n) is 14.2. The zero-order chi connectivity index (χ0) is 34.4. The van der Waals surface area contributed by atoms with Crippen molar-refractivity contribution in [3.05, 3.63) is 174 Å². The Labute approximate surface area is 297 Å². The molecular formula is C51H36. The monoisotopic (exact) mass is 648 g/mol. The van der Waals surface area contributed by atoms with Crippen molar-refractivity contribution in [2.45, 2.75) is 20.8 Å². The number of allylic oxidation sites excluding steroid dienone is 1. The number of rotatable bonds is 4. The van der Waals surface area contributed by atoms with Crippen LogP contribution in [0.3, 0.4) is 0 Å². The van der Waals surface area contributed by atoms with E-state index in [1.807, 2.05) is 6.08 Å². The number of benzene rings is 8. The van der Waals surface area contributed by atoms with Crippen molar-refractivity contribution in [3.8, 4) is 33.4 Å². The van der Waals surface area contributed by atoms with Gasteiger partial charge in [0.25, 0.3) is 0 Å². The van der Waals surface area contributed by atoms with Gasteiger partial charge in [-0.15, -0.1) is 0 Å². The Hall–Kier alpha value is -6.24. The van der Waals surface area contributed by atoms with Gasteiger partial charge in [0.05, 0.1) is 0 Å². The lowest BCUT2D eigenvalue weighted by Crippen LogP contribution is -1.97. The first-order valence-electron chi connectivity index (χ1n) is 17.9. The van der Waals surface area contributed by atoms with Crippen LogP contribution in [-0.2, 0) is 0 Å². The average molecular weight is 649 g/mol. The summed E-state index contributed by atoms with van der Waals surface area (Å²) < 4.78 is 0. The highest BCUT2D eigenvalue weighted by atomic mass is 14.3. The SMILES string of the molecule is C=C/C=c1/c2ccccc2c2cc3c(-c4ccccc4)c4c5cccc6c(-c7c(C)cc(C)cc7C)ccc(c4c(-c4ccccc4)c3cc12)c65. The van der Waals surface area contributed by atoms with E-state index in [0.717, 1.165) is 0 Å². The molecule has 0 aliphatic heterocycles. The molecule has 10 aromatic carbocycles. The van der Waals surface area contributed by atoms with Crippen LogP contribution in [0.5, 0.6) is 0 Å². The van der Waals surface area contributed by atoms with Crippen molar-refractivity contribution >= 4 is 70.7 Å². The fourth-order valence-electron chi connectivity index (χ4n) is 9.37. The second kappa shape index (κ2) is 11.1. The van der Waals surface area contributed by atoms with Gasteiger partial charge < -0.3 is 0 Å². The third-order valence-electron chi connectivity index (χ3n) is 11.2. The summed E-state index contributed by atoms with van der Waals surface area (Å²) in [6, 6.07) is 52.3. The van der Waals surface area contributed by atoms with Gasteiger partial charge in [0.1, 0.15) is 0 Å². The zero-order valence-electron chi connectivity index (χ0n) is 29.1. The van der Waals surface area contributed by atoms with Crippen molar-refractivity contribution in [1.29, 1.82) is 0 Å². The molecule has 0 aliphatic carbocycles. The smallest absolute Gasteiger partial charge is 0.000740 e. The van der Waals surface area contributed by atoms with Crippen molar-refractivity contribution in [2.24, 2.45) is 0 Å². The van der Waals surface area contributed by atoms with Gasteiger partial charge in [-0.3, -0.25) is 0 Å². The highest BCUT2D eigenvalue weighted by molar-refractivity contribution is 6.41. The Morgan fingerprint density at radius 3 is 1.55 bits per heavy atom. The van der Waals surface area contributed by atoms with Gasteiger partial charge in [-0.25, -0.2) is 0 Å². The highest BCUT2D eigenvalue weighted by Gasteiger charge is 2.25. The molecule has 0 aliphatic rings. The topological polar surface area (TPSA) is 0 Å². The van der Waals surface area contributed by atoms with E-state index in [4.69, 9.17) is 0 Å². The van der Waals surface area contributed by atoms with E-state index in [0.29, 0.717) is 0 Å². The molecule has 10 rings (SSSR count). The van der Waals surface area contributed by atoms with Gasteiger partial charge in [0, 0.05) is 0 Å². The predicted octanol–water partition coefficient (Wildman–Crippen LogP) is 13.7. The van der Waals surface area contributed by atoms with E-state index >= 15 is 0 Å². The number of hydrogen-bond acceptors (Lipinski definition) is 0. The van der Waals surface area contributed by atoms with Gasteiger partial charge >= 0.3 is 0 Å². The minimum absolute atomic E-state index is 1.23. The van der Waals surface area contributed by atoms with Crippen molar-refractivity contribution in [3.63, 3.8) is 0 Å². The molecule has 0 nitrogen and oxygen atoms in total. The number of aryl methyl sites for hydroxylation is 3. The summed E-state index contributed by atoms with van der Waals surface area (Å²) in [4.78, 5) is 0. The maximum Gasteiger partial charge on any atom is -0.000740 e. The third kappa shape index (κ3) is 4.20. The Morgan fingerprint density at radius 1 is 0.392 bits per heavy atom. The molecule has 51 heavy (non-hydrogen) atoms. The van der Waals surface area contributed by atoms with Crippen LogP contribution in [0, 0.1) is 20.8 Å². The molecule has 0 saturated heterocycles. The minimum Gasteiger partial charge on any atom is -0.0990 e. The van der Waals surface area contributed by atoms with E-state index in [1.54, 1.807) is 0 Å². The van der Waals surface area contributed by atoms with Crippen LogP contribution in [0.2, 0.25) is 0 Å². The highest BCUT2D eigenvalue weighted by Crippen LogP contribution is 2.53. The van der Waals surface area contributed by atoms with E-state index in [2.05, 4.69) is 173 Å². The fourth-order valence-corrected chi connectivity index (χ4v) is 9.37. The first-order chi connectivity index (χ1) is 25.0. The second-order valence-corrected chi connectivity index (χ2v) is 14.2. The lowest BCUT2D eigenvalue weighted by atomic mass is 9.85. The Bertz CT molecular complexity index is 3070. The van der Waals surface area contributed by atoms with E-state index < -0.39 is 0 Å². The molecule has 0 unspecified atom stereocenters. The molecule has 240 valence electrons. The van der Waals surface area contributed by atoms with Gasteiger partial charge in [-0.2, -0.15) is 0 Å². The number of fused-ring (bicyclic) bond motifs is 7. The molecule has 0 atom stereocenters. The van der Waals surface area contributed by atoms with Crippen LogP contribution < -0.4 is 5.22 Å². The fraction of sp³-hybridized carbons (Fsp3) is 0.0588. The van der Waals surface area contributed by atoms with Crippen LogP contribution in [0.25, 0.3) is 104 Å². The molecular weight excluding hydrogens is 613 g/mol. The molecule has 0 N–H and O–H groups in total. The van der Waals surface area contributed by atoms with E-state index in [9.17, 15) is 0 Å². The predicted molar refractivity (Wildman–Crippen MR) is 223 cm³/mol. The standard InChI is InChI=1S/C51H36/c1-5-15-35-36-20-12-13-21-37(36)43-29-45-44(28-42(35)43)48(34-18-10-7-11-19-34)51-41-25-24-39(46-31(3)26-30(2)27-32(46)4)38-22-14-23-40(49(38)41)50(51)47(45)33-16-8-6-9-17-33/h5-29H,1H2,2-4H3/b35-15-. The largest absolute Gasteiger partial charge is 0.0990 e. The van der Waals surface area contributed by atoms with Crippen LogP contribution in [0.4, 0.5) is 0 Å². The molecule has 0 aromatic heterocycles. The van der Waals surface area contributed by atoms with Crippen molar-refractivity contribution in [2.75, 3.05) is 0 Å². The summed E-state index contributed by atoms with van der Waals surface area (Å²) in [6.45, 7) is 10.8. The lowest BCUT2D eigenvalue weighted by Gasteiger charge is -2.17. The molecule has 0 amide bonds. The summed E-state index contributed by atoms with van der Waals surface area (Å²) in [5.41, 5.74) is 11.7. The minimum atomic E-state index is 1.23. The zero-order valence-corrected chi connectivity index (χ0v) is 29.1. The van der Waals surface area contributed by atoms with Gasteiger partial charge in [-0.05, 0) is 147 Å². The molecule has 0 radical (unpaired) electrons. The average Bonchev–Trinajstić information content (AvgIpc) is 3.64. The summed E-state index contributed by atoms with van der Waals surface area (Å²) >= 11 is 0. The Balaban J connectivity index is 1.50. The molecule has 0 bridgehead atoms. The third-order valence-corrected chi connectivity index (χ3v) is 11.2. The van der Waals surface area contributed by atoms with E-state index in [-0.39, 0.29) is 0 Å². The van der Waals surface area contributed by atoms with E-state index in [1.165, 1.54) is 120 Å². The van der Waals surface area contributed by atoms with Crippen LogP contribution in [-0.4, -0.2) is 0 Å². The summed E-state index contributed by atoms with van der Waals surface area (Å²) in [7, 11) is 0. The Kier molecular flexibility index (Phi) is 6.48. The van der Waals surface area contributed by atoms with Gasteiger partial charge in [0.2, 0.25) is 0 Å². The van der Waals surface area contributed by atoms with Crippen molar-refractivity contribution in [1.82, 2.24) is 0 Å². The molecule has 10 aromatic rings. The first kappa shape index (κ1) is 29.7.